The maximum Gasteiger partial charge on any atom is 0.362 e. The fourth-order valence-electron chi connectivity index (χ4n) is 7.06. The Kier molecular flexibility index (Phi) is 40.6. The number of hydrogen-bond acceptors (Lipinski definition) is 6. The molecule has 60 heavy (non-hydrogen) atoms. The van der Waals surface area contributed by atoms with E-state index in [-0.39, 0.29) is 42.7 Å². The van der Waals surface area contributed by atoms with E-state index < -0.39 is 18.1 Å². The highest BCUT2D eigenvalue weighted by atomic mass is 16.6. The van der Waals surface area contributed by atoms with Crippen molar-refractivity contribution in [1.82, 2.24) is 0 Å². The van der Waals surface area contributed by atoms with E-state index >= 15 is 0 Å². The first kappa shape index (κ1) is 57.0. The molecule has 346 valence electrons. The van der Waals surface area contributed by atoms with E-state index in [2.05, 4.69) is 19.9 Å². The van der Waals surface area contributed by atoms with Crippen molar-refractivity contribution in [3.8, 4) is 0 Å². The van der Waals surface area contributed by atoms with E-state index in [1.807, 2.05) is 75.8 Å². The molecule has 0 rings (SSSR count). The number of carboxylic acid groups (broad SMARTS) is 1. The van der Waals surface area contributed by atoms with Crippen molar-refractivity contribution >= 4 is 17.9 Å². The molecule has 2 unspecified atom stereocenters. The Bertz CT molecular complexity index is 1170. The number of allylic oxidation sites excluding steroid dienone is 10. The van der Waals surface area contributed by atoms with Crippen LogP contribution < -0.4 is 0 Å². The van der Waals surface area contributed by atoms with Crippen LogP contribution in [0.2, 0.25) is 0 Å². The second-order valence-corrected chi connectivity index (χ2v) is 17.5. The van der Waals surface area contributed by atoms with Crippen molar-refractivity contribution in [3.05, 3.63) is 60.8 Å². The highest BCUT2D eigenvalue weighted by Gasteiger charge is 2.31. The molecule has 0 radical (unpaired) electrons. The van der Waals surface area contributed by atoms with Crippen LogP contribution in [0.4, 0.5) is 0 Å². The van der Waals surface area contributed by atoms with Gasteiger partial charge in [0, 0.05) is 19.3 Å². The highest BCUT2D eigenvalue weighted by Crippen LogP contribution is 2.16. The zero-order valence-electron chi connectivity index (χ0n) is 39.4. The van der Waals surface area contributed by atoms with Gasteiger partial charge in [0.25, 0.3) is 0 Å². The summed E-state index contributed by atoms with van der Waals surface area (Å²) in [6, 6.07) is -0.628. The summed E-state index contributed by atoms with van der Waals surface area (Å²) in [5, 5.41) is 9.63. The lowest BCUT2D eigenvalue weighted by atomic mass is 10.0. The Labute approximate surface area is 368 Å². The van der Waals surface area contributed by atoms with Gasteiger partial charge in [-0.15, -0.1) is 0 Å². The standard InChI is InChI=1S/C52H91NO7/c1-6-8-10-12-14-16-18-20-21-22-23-24-25-26-27-28-29-31-32-34-36-38-40-42-50(54)59-47-48(46-58-45-44-49(52(56)57)53(3,4)5)60-51(55)43-41-39-37-35-33-30-19-17-15-13-11-9-7-2/h9,11,13,15,17,19,30,33,35,37,48-49H,6-8,10,12,14,16,18,20-29,31-32,34,36,38-47H2,1-5H3/p+1/b11-9+,15-13+,19-17+,33-30+,37-35+. The predicted octanol–water partition coefficient (Wildman–Crippen LogP) is 13.8. The fraction of sp³-hybridized carbons (Fsp3) is 0.750. The third-order valence-electron chi connectivity index (χ3n) is 10.8. The van der Waals surface area contributed by atoms with Crippen LogP contribution in [0.5, 0.6) is 0 Å². The molecule has 0 aromatic carbocycles. The Morgan fingerprint density at radius 1 is 0.517 bits per heavy atom. The number of unbranched alkanes of at least 4 members (excludes halogenated alkanes) is 23. The number of ether oxygens (including phenoxy) is 3. The first-order chi connectivity index (χ1) is 29.1. The van der Waals surface area contributed by atoms with E-state index in [4.69, 9.17) is 14.2 Å². The number of hydrogen-bond donors (Lipinski definition) is 1. The molecule has 0 spiro atoms. The summed E-state index contributed by atoms with van der Waals surface area (Å²) in [5.74, 6) is -1.56. The maximum atomic E-state index is 12.7. The molecule has 0 aromatic rings. The summed E-state index contributed by atoms with van der Waals surface area (Å²) < 4.78 is 17.2. The molecule has 0 aliphatic heterocycles. The lowest BCUT2D eigenvalue weighted by Gasteiger charge is -2.31. The molecule has 8 nitrogen and oxygen atoms in total. The van der Waals surface area contributed by atoms with Crippen LogP contribution in [0.25, 0.3) is 0 Å². The van der Waals surface area contributed by atoms with Crippen molar-refractivity contribution in [2.24, 2.45) is 0 Å². The van der Waals surface area contributed by atoms with Gasteiger partial charge in [0.15, 0.2) is 12.1 Å². The van der Waals surface area contributed by atoms with Gasteiger partial charge in [-0.25, -0.2) is 4.79 Å². The average molecular weight is 843 g/mol. The van der Waals surface area contributed by atoms with Gasteiger partial charge in [0.1, 0.15) is 6.61 Å². The van der Waals surface area contributed by atoms with Gasteiger partial charge in [0.05, 0.1) is 34.4 Å². The molecular formula is C52H92NO7+. The fourth-order valence-corrected chi connectivity index (χ4v) is 7.06. The number of quaternary nitrogens is 1. The van der Waals surface area contributed by atoms with Crippen molar-refractivity contribution in [2.75, 3.05) is 41.0 Å². The van der Waals surface area contributed by atoms with Crippen LogP contribution in [-0.2, 0) is 28.6 Å². The van der Waals surface area contributed by atoms with Crippen LogP contribution >= 0.6 is 0 Å². The van der Waals surface area contributed by atoms with Gasteiger partial charge in [-0.2, -0.15) is 0 Å². The van der Waals surface area contributed by atoms with E-state index in [1.54, 1.807) is 0 Å². The Morgan fingerprint density at radius 3 is 1.37 bits per heavy atom. The minimum Gasteiger partial charge on any atom is -0.477 e. The highest BCUT2D eigenvalue weighted by molar-refractivity contribution is 5.72. The van der Waals surface area contributed by atoms with Crippen molar-refractivity contribution in [1.29, 1.82) is 0 Å². The molecule has 0 bridgehead atoms. The number of carbonyl (C=O) groups excluding carboxylic acids is 2. The third kappa shape index (κ3) is 40.4. The van der Waals surface area contributed by atoms with E-state index in [9.17, 15) is 19.5 Å². The second-order valence-electron chi connectivity index (χ2n) is 17.5. The Morgan fingerprint density at radius 2 is 0.933 bits per heavy atom. The molecule has 0 saturated heterocycles. The number of carboxylic acids is 1. The van der Waals surface area contributed by atoms with Crippen molar-refractivity contribution in [2.45, 2.75) is 212 Å². The topological polar surface area (TPSA) is 99.1 Å². The van der Waals surface area contributed by atoms with Gasteiger partial charge in [-0.05, 0) is 25.7 Å². The number of nitrogens with zero attached hydrogens (tertiary/aromatic N) is 1. The molecule has 2 atom stereocenters. The quantitative estimate of drug-likeness (QED) is 0.0282. The first-order valence-electron chi connectivity index (χ1n) is 24.4. The molecule has 1 N–H and O–H groups in total. The van der Waals surface area contributed by atoms with Crippen LogP contribution in [0, 0.1) is 0 Å². The van der Waals surface area contributed by atoms with E-state index in [0.717, 1.165) is 32.1 Å². The minimum atomic E-state index is -0.887. The second kappa shape index (κ2) is 42.7. The van der Waals surface area contributed by atoms with Crippen molar-refractivity contribution < 1.29 is 38.2 Å². The summed E-state index contributed by atoms with van der Waals surface area (Å²) >= 11 is 0. The summed E-state index contributed by atoms with van der Waals surface area (Å²) in [7, 11) is 5.50. The number of likely N-dealkylation sites (N-methyl/N-ethyl adjacent to an activating group) is 1. The number of aliphatic carboxylic acids is 1. The maximum absolute atomic E-state index is 12.7. The number of rotatable bonds is 43. The van der Waals surface area contributed by atoms with Gasteiger partial charge in [-0.1, -0.05) is 216 Å². The van der Waals surface area contributed by atoms with Crippen molar-refractivity contribution in [3.63, 3.8) is 0 Å². The molecule has 0 aromatic heterocycles. The molecular weight excluding hydrogens is 751 g/mol. The molecule has 0 aliphatic rings. The SMILES string of the molecule is CC/C=C/C=C/C=C/C=C/C=C/CCCC(=O)OC(COCCC(C(=O)O)[N+](C)(C)C)COC(=O)CCCCCCCCCCCCCCCCCCCCCCCCC. The lowest BCUT2D eigenvalue weighted by molar-refractivity contribution is -0.887. The van der Waals surface area contributed by atoms with Gasteiger partial charge >= 0.3 is 17.9 Å². The molecule has 8 heteroatoms. The summed E-state index contributed by atoms with van der Waals surface area (Å²) in [6.45, 7) is 4.53. The molecule has 0 aliphatic carbocycles. The smallest absolute Gasteiger partial charge is 0.362 e. The molecule has 0 heterocycles. The minimum absolute atomic E-state index is 0.0320. The first-order valence-corrected chi connectivity index (χ1v) is 24.4. The summed E-state index contributed by atoms with van der Waals surface area (Å²) in [5.41, 5.74) is 0. The van der Waals surface area contributed by atoms with Crippen LogP contribution in [0.3, 0.4) is 0 Å². The summed E-state index contributed by atoms with van der Waals surface area (Å²) in [4.78, 5) is 37.0. The molecule has 0 amide bonds. The average Bonchev–Trinajstić information content (AvgIpc) is 3.21. The van der Waals surface area contributed by atoms with E-state index in [0.29, 0.717) is 19.3 Å². The van der Waals surface area contributed by atoms with Crippen LogP contribution in [0.15, 0.2) is 60.8 Å². The Balaban J connectivity index is 4.23. The van der Waals surface area contributed by atoms with Gasteiger partial charge < -0.3 is 23.8 Å². The predicted molar refractivity (Wildman–Crippen MR) is 252 cm³/mol. The van der Waals surface area contributed by atoms with Gasteiger partial charge in [-0.3, -0.25) is 9.59 Å². The number of esters is 2. The third-order valence-corrected chi connectivity index (χ3v) is 10.8. The monoisotopic (exact) mass is 843 g/mol. The Hall–Kier alpha value is -2.97. The van der Waals surface area contributed by atoms with Crippen LogP contribution in [0.1, 0.15) is 200 Å². The molecule has 0 fully saturated rings. The summed E-state index contributed by atoms with van der Waals surface area (Å²) in [6.07, 6.45) is 53.0. The largest absolute Gasteiger partial charge is 0.477 e. The normalized spacial score (nSPS) is 13.4. The van der Waals surface area contributed by atoms with E-state index in [1.165, 1.54) is 128 Å². The molecule has 0 saturated carbocycles. The van der Waals surface area contributed by atoms with Gasteiger partial charge in [0.2, 0.25) is 0 Å². The zero-order valence-corrected chi connectivity index (χ0v) is 39.4. The van der Waals surface area contributed by atoms with Crippen LogP contribution in [-0.4, -0.2) is 80.6 Å². The lowest BCUT2D eigenvalue weighted by Crippen LogP contribution is -2.50. The zero-order chi connectivity index (χ0) is 44.2. The number of carbonyl (C=O) groups is 3.